The lowest BCUT2D eigenvalue weighted by Crippen LogP contribution is -2.41. The van der Waals surface area contributed by atoms with Crippen LogP contribution in [-0.2, 0) is 14.3 Å². The van der Waals surface area contributed by atoms with Crippen LogP contribution in [0, 0.1) is 24.0 Å². The number of methoxy groups -OCH3 is 1. The second kappa shape index (κ2) is 7.29. The van der Waals surface area contributed by atoms with Crippen LogP contribution in [0.2, 0.25) is 0 Å². The molecule has 0 atom stereocenters. The summed E-state index contributed by atoms with van der Waals surface area (Å²) in [5, 5.41) is 11.4. The molecule has 1 rings (SSSR count). The number of nitrogens with zero attached hydrogens (tertiary/aromatic N) is 2. The maximum atomic E-state index is 12.5. The maximum absolute atomic E-state index is 12.5. The highest BCUT2D eigenvalue weighted by Crippen LogP contribution is 2.34. The fourth-order valence-electron chi connectivity index (χ4n) is 2.17. The van der Waals surface area contributed by atoms with E-state index >= 15 is 0 Å². The Bertz CT molecular complexity index is 663. The minimum absolute atomic E-state index is 0.0188. The fourth-order valence-corrected chi connectivity index (χ4v) is 2.17. The summed E-state index contributed by atoms with van der Waals surface area (Å²) in [6.45, 7) is 7.84. The first kappa shape index (κ1) is 19.4. The lowest BCUT2D eigenvalue weighted by molar-refractivity contribution is -0.384. The van der Waals surface area contributed by atoms with Crippen molar-refractivity contribution >= 4 is 23.4 Å². The van der Waals surface area contributed by atoms with Crippen LogP contribution in [0.1, 0.15) is 31.9 Å². The van der Waals surface area contributed by atoms with Crippen LogP contribution >= 0.6 is 0 Å². The largest absolute Gasteiger partial charge is 0.468 e. The van der Waals surface area contributed by atoms with E-state index in [1.54, 1.807) is 40.7 Å². The summed E-state index contributed by atoms with van der Waals surface area (Å²) >= 11 is 0. The Labute approximate surface area is 140 Å². The molecule has 0 radical (unpaired) electrons. The fraction of sp³-hybridized carbons (Fsp3) is 0.500. The predicted molar refractivity (Wildman–Crippen MR) is 88.2 cm³/mol. The molecule has 0 bridgehead atoms. The highest BCUT2D eigenvalue weighted by Gasteiger charge is 2.32. The predicted octanol–water partition coefficient (Wildman–Crippen LogP) is 3.13. The quantitative estimate of drug-likeness (QED) is 0.475. The molecule has 0 saturated heterocycles. The Balaban J connectivity index is 3.47. The minimum Gasteiger partial charge on any atom is -0.468 e. The van der Waals surface area contributed by atoms with Crippen molar-refractivity contribution in [2.75, 3.05) is 18.6 Å². The van der Waals surface area contributed by atoms with Crippen molar-refractivity contribution < 1.29 is 24.0 Å². The van der Waals surface area contributed by atoms with Gasteiger partial charge in [0.1, 0.15) is 17.8 Å². The van der Waals surface area contributed by atoms with Crippen LogP contribution in [-0.4, -0.2) is 36.2 Å². The van der Waals surface area contributed by atoms with Gasteiger partial charge in [-0.25, -0.2) is 4.79 Å². The number of ether oxygens (including phenoxy) is 2. The average molecular weight is 338 g/mol. The number of hydrogen-bond donors (Lipinski definition) is 0. The molecule has 0 unspecified atom stereocenters. The van der Waals surface area contributed by atoms with Crippen LogP contribution in [0.4, 0.5) is 16.2 Å². The molecule has 0 heterocycles. The third-order valence-electron chi connectivity index (χ3n) is 3.02. The molecule has 24 heavy (non-hydrogen) atoms. The number of hydrogen-bond acceptors (Lipinski definition) is 6. The molecule has 0 aliphatic heterocycles. The van der Waals surface area contributed by atoms with Crippen LogP contribution in [0.15, 0.2) is 12.1 Å². The second-order valence-electron chi connectivity index (χ2n) is 6.35. The third kappa shape index (κ3) is 4.94. The SMILES string of the molecule is COC(=O)CN(C(=O)OC(C)(C)C)c1c(C)cc(C)cc1[N+](=O)[O-]. The van der Waals surface area contributed by atoms with Crippen LogP contribution in [0.3, 0.4) is 0 Å². The Kier molecular flexibility index (Phi) is 5.89. The number of nitro groups is 1. The zero-order valence-electron chi connectivity index (χ0n) is 14.7. The third-order valence-corrected chi connectivity index (χ3v) is 3.02. The summed E-state index contributed by atoms with van der Waals surface area (Å²) < 4.78 is 9.86. The summed E-state index contributed by atoms with van der Waals surface area (Å²) in [7, 11) is 1.17. The van der Waals surface area contributed by atoms with Crippen LogP contribution in [0.5, 0.6) is 0 Å². The van der Waals surface area contributed by atoms with E-state index in [1.165, 1.54) is 13.2 Å². The van der Waals surface area contributed by atoms with Gasteiger partial charge in [0, 0.05) is 6.07 Å². The topological polar surface area (TPSA) is 99.0 Å². The zero-order valence-corrected chi connectivity index (χ0v) is 14.7. The van der Waals surface area contributed by atoms with Crippen molar-refractivity contribution in [1.82, 2.24) is 0 Å². The molecule has 1 aromatic carbocycles. The highest BCUT2D eigenvalue weighted by molar-refractivity contribution is 5.97. The average Bonchev–Trinajstić information content (AvgIpc) is 2.42. The maximum Gasteiger partial charge on any atom is 0.415 e. The number of carbonyl (C=O) groups is 2. The van der Waals surface area contributed by atoms with E-state index in [0.29, 0.717) is 11.1 Å². The van der Waals surface area contributed by atoms with Crippen molar-refractivity contribution in [3.8, 4) is 0 Å². The Hall–Kier alpha value is -2.64. The van der Waals surface area contributed by atoms with E-state index in [9.17, 15) is 19.7 Å². The van der Waals surface area contributed by atoms with E-state index in [-0.39, 0.29) is 11.4 Å². The summed E-state index contributed by atoms with van der Waals surface area (Å²) in [5.41, 5.74) is 0.0767. The van der Waals surface area contributed by atoms with Gasteiger partial charge in [-0.15, -0.1) is 0 Å². The molecule has 132 valence electrons. The number of esters is 1. The minimum atomic E-state index is -0.858. The van der Waals surface area contributed by atoms with Crippen molar-refractivity contribution in [3.05, 3.63) is 33.4 Å². The molecule has 0 fully saturated rings. The molecule has 0 spiro atoms. The van der Waals surface area contributed by atoms with Crippen molar-refractivity contribution in [2.24, 2.45) is 0 Å². The second-order valence-corrected chi connectivity index (χ2v) is 6.35. The van der Waals surface area contributed by atoms with E-state index in [1.807, 2.05) is 0 Å². The normalized spacial score (nSPS) is 10.9. The first-order valence-corrected chi connectivity index (χ1v) is 7.29. The van der Waals surface area contributed by atoms with Gasteiger partial charge in [0.05, 0.1) is 12.0 Å². The van der Waals surface area contributed by atoms with E-state index in [4.69, 9.17) is 4.74 Å². The number of nitro benzene ring substituents is 1. The van der Waals surface area contributed by atoms with Gasteiger partial charge in [-0.2, -0.15) is 0 Å². The van der Waals surface area contributed by atoms with Gasteiger partial charge in [0.15, 0.2) is 0 Å². The molecule has 0 aliphatic carbocycles. The lowest BCUT2D eigenvalue weighted by Gasteiger charge is -2.27. The summed E-state index contributed by atoms with van der Waals surface area (Å²) in [6, 6.07) is 3.04. The molecule has 0 N–H and O–H groups in total. The number of anilines is 1. The van der Waals surface area contributed by atoms with Gasteiger partial charge >= 0.3 is 12.1 Å². The summed E-state index contributed by atoms with van der Waals surface area (Å²) in [6.07, 6.45) is -0.858. The number of benzene rings is 1. The Morgan fingerprint density at radius 3 is 2.29 bits per heavy atom. The lowest BCUT2D eigenvalue weighted by atomic mass is 10.1. The number of amides is 1. The van der Waals surface area contributed by atoms with Gasteiger partial charge in [-0.3, -0.25) is 19.8 Å². The van der Waals surface area contributed by atoms with Gasteiger partial charge < -0.3 is 9.47 Å². The van der Waals surface area contributed by atoms with E-state index in [0.717, 1.165) is 4.90 Å². The first-order valence-electron chi connectivity index (χ1n) is 7.29. The molecule has 1 aromatic rings. The van der Waals surface area contributed by atoms with E-state index in [2.05, 4.69) is 4.74 Å². The monoisotopic (exact) mass is 338 g/mol. The zero-order chi connectivity index (χ0) is 18.7. The molecular formula is C16H22N2O6. The van der Waals surface area contributed by atoms with Crippen LogP contribution < -0.4 is 4.90 Å². The van der Waals surface area contributed by atoms with Gasteiger partial charge in [-0.1, -0.05) is 6.07 Å². The molecule has 8 heteroatoms. The first-order chi connectivity index (χ1) is 11.0. The molecular weight excluding hydrogens is 316 g/mol. The van der Waals surface area contributed by atoms with Crippen molar-refractivity contribution in [1.29, 1.82) is 0 Å². The Morgan fingerprint density at radius 1 is 1.25 bits per heavy atom. The van der Waals surface area contributed by atoms with Crippen molar-refractivity contribution in [3.63, 3.8) is 0 Å². The number of aryl methyl sites for hydroxylation is 2. The number of rotatable bonds is 4. The molecule has 0 aliphatic rings. The highest BCUT2D eigenvalue weighted by atomic mass is 16.6. The molecule has 8 nitrogen and oxygen atoms in total. The molecule has 0 aromatic heterocycles. The van der Waals surface area contributed by atoms with Gasteiger partial charge in [-0.05, 0) is 45.7 Å². The van der Waals surface area contributed by atoms with E-state index < -0.39 is 29.1 Å². The number of carbonyl (C=O) groups excluding carboxylic acids is 2. The van der Waals surface area contributed by atoms with Gasteiger partial charge in [0.25, 0.3) is 5.69 Å². The molecule has 0 saturated carbocycles. The Morgan fingerprint density at radius 2 is 1.83 bits per heavy atom. The standard InChI is InChI=1S/C16H22N2O6/c1-10-7-11(2)14(12(8-10)18(21)22)17(9-13(19)23-6)15(20)24-16(3,4)5/h7-8H,9H2,1-6H3. The van der Waals surface area contributed by atoms with Crippen molar-refractivity contribution in [2.45, 2.75) is 40.2 Å². The molecule has 1 amide bonds. The van der Waals surface area contributed by atoms with Gasteiger partial charge in [0.2, 0.25) is 0 Å². The van der Waals surface area contributed by atoms with Crippen LogP contribution in [0.25, 0.3) is 0 Å². The smallest absolute Gasteiger partial charge is 0.415 e. The summed E-state index contributed by atoms with van der Waals surface area (Å²) in [4.78, 5) is 35.9. The summed E-state index contributed by atoms with van der Waals surface area (Å²) in [5.74, 6) is -0.713.